The molecule has 2 nitrogen and oxygen atoms in total. The zero-order valence-electron chi connectivity index (χ0n) is 12.1. The monoisotopic (exact) mass is 265 g/mol. The van der Waals surface area contributed by atoms with Crippen LogP contribution in [0.5, 0.6) is 0 Å². The topological polar surface area (TPSA) is 23.5 Å². The predicted octanol–water partition coefficient (Wildman–Crippen LogP) is 3.90. The minimum Gasteiger partial charge on any atom is -0.389 e. The molecule has 1 N–H and O–H groups in total. The average molecular weight is 265 g/mol. The summed E-state index contributed by atoms with van der Waals surface area (Å²) in [4.78, 5) is 2.22. The predicted molar refractivity (Wildman–Crippen MR) is 76.9 cm³/mol. The first-order chi connectivity index (χ1) is 8.91. The number of rotatable bonds is 2. The number of aliphatic hydroxyl groups excluding tert-OH is 1. The molecule has 1 aromatic rings. The van der Waals surface area contributed by atoms with Gasteiger partial charge in [-0.05, 0) is 43.7 Å². The normalized spacial score (nSPS) is 21.0. The third-order valence-electron chi connectivity index (χ3n) is 4.13. The average Bonchev–Trinajstić information content (AvgIpc) is 2.49. The van der Waals surface area contributed by atoms with Crippen LogP contribution >= 0.6 is 0 Å². The standard InChI is InChI=1S/C16H24FNO/c1-12(19)15-13(17)6-4-7-14(15)18-10-5-8-16(2,3)9-11-18/h4,6-7,12,19H,5,8-11H2,1-3H3/t12-/m0/s1. The molecule has 1 aliphatic heterocycles. The van der Waals surface area contributed by atoms with Crippen LogP contribution in [0.3, 0.4) is 0 Å². The number of nitrogens with zero attached hydrogens (tertiary/aromatic N) is 1. The third kappa shape index (κ3) is 3.27. The molecule has 0 unspecified atom stereocenters. The fraction of sp³-hybridized carbons (Fsp3) is 0.625. The van der Waals surface area contributed by atoms with Crippen molar-refractivity contribution in [2.24, 2.45) is 5.41 Å². The van der Waals surface area contributed by atoms with Crippen molar-refractivity contribution >= 4 is 5.69 Å². The molecule has 0 bridgehead atoms. The lowest BCUT2D eigenvalue weighted by Crippen LogP contribution is -2.26. The van der Waals surface area contributed by atoms with E-state index in [0.29, 0.717) is 11.0 Å². The third-order valence-corrected chi connectivity index (χ3v) is 4.13. The maximum atomic E-state index is 13.9. The molecule has 1 fully saturated rings. The zero-order chi connectivity index (χ0) is 14.0. The van der Waals surface area contributed by atoms with Crippen molar-refractivity contribution in [3.63, 3.8) is 0 Å². The molecule has 0 aromatic heterocycles. The van der Waals surface area contributed by atoms with E-state index >= 15 is 0 Å². The van der Waals surface area contributed by atoms with Crippen LogP contribution in [0.25, 0.3) is 0 Å². The summed E-state index contributed by atoms with van der Waals surface area (Å²) in [6.45, 7) is 8.07. The Labute approximate surface area is 115 Å². The first-order valence-corrected chi connectivity index (χ1v) is 7.12. The second kappa shape index (κ2) is 5.49. The Morgan fingerprint density at radius 2 is 2.00 bits per heavy atom. The first kappa shape index (κ1) is 14.3. The van der Waals surface area contributed by atoms with Crippen LogP contribution in [-0.4, -0.2) is 18.2 Å². The van der Waals surface area contributed by atoms with Gasteiger partial charge in [0.1, 0.15) is 5.82 Å². The van der Waals surface area contributed by atoms with Crippen LogP contribution in [0.15, 0.2) is 18.2 Å². The quantitative estimate of drug-likeness (QED) is 0.876. The van der Waals surface area contributed by atoms with E-state index in [9.17, 15) is 9.50 Å². The van der Waals surface area contributed by atoms with Gasteiger partial charge in [0, 0.05) is 24.3 Å². The summed E-state index contributed by atoms with van der Waals surface area (Å²) >= 11 is 0. The number of hydrogen-bond donors (Lipinski definition) is 1. The van der Waals surface area contributed by atoms with Crippen LogP contribution < -0.4 is 4.90 Å². The molecule has 19 heavy (non-hydrogen) atoms. The van der Waals surface area contributed by atoms with Gasteiger partial charge in [-0.25, -0.2) is 4.39 Å². The smallest absolute Gasteiger partial charge is 0.131 e. The number of anilines is 1. The van der Waals surface area contributed by atoms with Gasteiger partial charge in [-0.1, -0.05) is 19.9 Å². The number of aliphatic hydroxyl groups is 1. The summed E-state index contributed by atoms with van der Waals surface area (Å²) in [6.07, 6.45) is 2.64. The van der Waals surface area contributed by atoms with Crippen molar-refractivity contribution in [2.75, 3.05) is 18.0 Å². The lowest BCUT2D eigenvalue weighted by Gasteiger charge is -2.27. The van der Waals surface area contributed by atoms with Gasteiger partial charge >= 0.3 is 0 Å². The van der Waals surface area contributed by atoms with Crippen LogP contribution in [0.1, 0.15) is 51.7 Å². The molecule has 3 heteroatoms. The summed E-state index contributed by atoms with van der Waals surface area (Å²) in [5.74, 6) is -0.309. The highest BCUT2D eigenvalue weighted by atomic mass is 19.1. The lowest BCUT2D eigenvalue weighted by atomic mass is 9.85. The van der Waals surface area contributed by atoms with Crippen LogP contribution in [-0.2, 0) is 0 Å². The Morgan fingerprint density at radius 1 is 1.26 bits per heavy atom. The Kier molecular flexibility index (Phi) is 4.14. The van der Waals surface area contributed by atoms with E-state index in [1.165, 1.54) is 12.5 Å². The number of hydrogen-bond acceptors (Lipinski definition) is 2. The first-order valence-electron chi connectivity index (χ1n) is 7.12. The number of halogens is 1. The van der Waals surface area contributed by atoms with E-state index in [0.717, 1.165) is 31.6 Å². The minimum absolute atomic E-state index is 0.309. The maximum Gasteiger partial charge on any atom is 0.131 e. The minimum atomic E-state index is -0.771. The molecular weight excluding hydrogens is 241 g/mol. The van der Waals surface area contributed by atoms with Crippen molar-refractivity contribution in [1.82, 2.24) is 0 Å². The lowest BCUT2D eigenvalue weighted by molar-refractivity contribution is 0.194. The molecule has 2 rings (SSSR count). The van der Waals surface area contributed by atoms with E-state index in [-0.39, 0.29) is 5.82 Å². The van der Waals surface area contributed by atoms with Crippen molar-refractivity contribution in [3.05, 3.63) is 29.6 Å². The van der Waals surface area contributed by atoms with Crippen LogP contribution in [0.4, 0.5) is 10.1 Å². The van der Waals surface area contributed by atoms with Gasteiger partial charge in [0.2, 0.25) is 0 Å². The summed E-state index contributed by atoms with van der Waals surface area (Å²) < 4.78 is 13.9. The highest BCUT2D eigenvalue weighted by Crippen LogP contribution is 2.35. The van der Waals surface area contributed by atoms with Gasteiger partial charge in [-0.15, -0.1) is 0 Å². The van der Waals surface area contributed by atoms with Gasteiger partial charge in [-0.2, -0.15) is 0 Å². The van der Waals surface area contributed by atoms with E-state index < -0.39 is 6.10 Å². The van der Waals surface area contributed by atoms with E-state index in [2.05, 4.69) is 18.7 Å². The Bertz CT molecular complexity index is 442. The summed E-state index contributed by atoms with van der Waals surface area (Å²) in [7, 11) is 0. The van der Waals surface area contributed by atoms with Gasteiger partial charge < -0.3 is 10.0 Å². The molecule has 1 aromatic carbocycles. The second-order valence-electron chi connectivity index (χ2n) is 6.35. The zero-order valence-corrected chi connectivity index (χ0v) is 12.1. The SMILES string of the molecule is C[C@H](O)c1c(F)cccc1N1CCCC(C)(C)CC1. The second-order valence-corrected chi connectivity index (χ2v) is 6.35. The molecule has 106 valence electrons. The van der Waals surface area contributed by atoms with Crippen molar-refractivity contribution in [3.8, 4) is 0 Å². The molecule has 0 saturated carbocycles. The van der Waals surface area contributed by atoms with Gasteiger partial charge in [0.05, 0.1) is 6.10 Å². The van der Waals surface area contributed by atoms with E-state index in [4.69, 9.17) is 0 Å². The summed E-state index contributed by atoms with van der Waals surface area (Å²) in [5.41, 5.74) is 1.64. The highest BCUT2D eigenvalue weighted by molar-refractivity contribution is 5.55. The van der Waals surface area contributed by atoms with Gasteiger partial charge in [-0.3, -0.25) is 0 Å². The molecule has 0 amide bonds. The molecule has 0 spiro atoms. The van der Waals surface area contributed by atoms with Gasteiger partial charge in [0.15, 0.2) is 0 Å². The Balaban J connectivity index is 2.29. The molecule has 1 aliphatic rings. The molecule has 1 atom stereocenters. The summed E-state index contributed by atoms with van der Waals surface area (Å²) in [6, 6.07) is 5.07. The molecule has 0 radical (unpaired) electrons. The van der Waals surface area contributed by atoms with Crippen LogP contribution in [0.2, 0.25) is 0 Å². The molecular formula is C16H24FNO. The molecule has 1 heterocycles. The molecule has 1 saturated heterocycles. The number of benzene rings is 1. The Morgan fingerprint density at radius 3 is 2.68 bits per heavy atom. The van der Waals surface area contributed by atoms with Crippen molar-refractivity contribution in [2.45, 2.75) is 46.1 Å². The van der Waals surface area contributed by atoms with E-state index in [1.54, 1.807) is 13.0 Å². The fourth-order valence-corrected chi connectivity index (χ4v) is 2.88. The van der Waals surface area contributed by atoms with Crippen LogP contribution in [0, 0.1) is 11.2 Å². The Hall–Kier alpha value is -1.09. The van der Waals surface area contributed by atoms with Crippen molar-refractivity contribution < 1.29 is 9.50 Å². The summed E-state index contributed by atoms with van der Waals surface area (Å²) in [5, 5.41) is 9.82. The fourth-order valence-electron chi connectivity index (χ4n) is 2.88. The largest absolute Gasteiger partial charge is 0.389 e. The highest BCUT2D eigenvalue weighted by Gasteiger charge is 2.25. The maximum absolute atomic E-state index is 13.9. The van der Waals surface area contributed by atoms with Crippen molar-refractivity contribution in [1.29, 1.82) is 0 Å². The van der Waals surface area contributed by atoms with Gasteiger partial charge in [0.25, 0.3) is 0 Å². The van der Waals surface area contributed by atoms with E-state index in [1.807, 2.05) is 6.07 Å². The molecule has 0 aliphatic carbocycles.